The molecule has 0 aliphatic heterocycles. The molecule has 0 aliphatic carbocycles. The molecular weight excluding hydrogens is 244 g/mol. The van der Waals surface area contributed by atoms with E-state index in [1.807, 2.05) is 0 Å². The maximum atomic E-state index is 3.72. The topological polar surface area (TPSA) is 15.3 Å². The number of rotatable bonds is 6. The highest BCUT2D eigenvalue weighted by Gasteiger charge is 2.36. The third-order valence-corrected chi connectivity index (χ3v) is 4.96. The summed E-state index contributed by atoms with van der Waals surface area (Å²) in [5.74, 6) is 0. The Morgan fingerprint density at radius 1 is 1.05 bits per heavy atom. The van der Waals surface area contributed by atoms with Crippen molar-refractivity contribution < 1.29 is 0 Å². The minimum atomic E-state index is 0.114. The van der Waals surface area contributed by atoms with Crippen LogP contribution >= 0.6 is 0 Å². The van der Waals surface area contributed by atoms with Gasteiger partial charge in [-0.1, -0.05) is 26.0 Å². The van der Waals surface area contributed by atoms with E-state index in [2.05, 4.69) is 78.0 Å². The summed E-state index contributed by atoms with van der Waals surface area (Å²) in [6.07, 6.45) is 1.12. The molecule has 1 N–H and O–H groups in total. The third kappa shape index (κ3) is 3.24. The lowest BCUT2D eigenvalue weighted by atomic mass is 9.81. The van der Waals surface area contributed by atoms with Gasteiger partial charge in [-0.2, -0.15) is 0 Å². The zero-order chi connectivity index (χ0) is 15.5. The fourth-order valence-corrected chi connectivity index (χ4v) is 2.94. The van der Waals surface area contributed by atoms with E-state index in [1.165, 1.54) is 22.3 Å². The Hall–Kier alpha value is -0.860. The number of nitrogens with one attached hydrogen (secondary N) is 1. The summed E-state index contributed by atoms with van der Waals surface area (Å²) in [6, 6.07) is 5.04. The van der Waals surface area contributed by atoms with Crippen LogP contribution in [0.1, 0.15) is 55.5 Å². The average molecular weight is 276 g/mol. The SMILES string of the molecule is CCNC(c1cc(C)c(C)cc1C)C(C)(CC)N(C)C. The molecule has 2 unspecified atom stereocenters. The van der Waals surface area contributed by atoms with Crippen LogP contribution in [0.2, 0.25) is 0 Å². The van der Waals surface area contributed by atoms with Crippen molar-refractivity contribution >= 4 is 0 Å². The van der Waals surface area contributed by atoms with Crippen LogP contribution < -0.4 is 5.32 Å². The van der Waals surface area contributed by atoms with Gasteiger partial charge in [-0.3, -0.25) is 0 Å². The van der Waals surface area contributed by atoms with E-state index in [0.29, 0.717) is 6.04 Å². The van der Waals surface area contributed by atoms with Gasteiger partial charge in [0.25, 0.3) is 0 Å². The van der Waals surface area contributed by atoms with Crippen molar-refractivity contribution in [1.29, 1.82) is 0 Å². The van der Waals surface area contributed by atoms with Crippen LogP contribution in [0.25, 0.3) is 0 Å². The molecule has 1 aromatic rings. The Labute approximate surface area is 125 Å². The Morgan fingerprint density at radius 3 is 2.05 bits per heavy atom. The first kappa shape index (κ1) is 17.2. The molecule has 1 rings (SSSR count). The Kier molecular flexibility index (Phi) is 5.79. The molecule has 1 aromatic carbocycles. The summed E-state index contributed by atoms with van der Waals surface area (Å²) >= 11 is 0. The Morgan fingerprint density at radius 2 is 1.60 bits per heavy atom. The zero-order valence-corrected chi connectivity index (χ0v) is 14.6. The molecule has 114 valence electrons. The molecular formula is C18H32N2. The predicted molar refractivity (Wildman–Crippen MR) is 89.5 cm³/mol. The lowest BCUT2D eigenvalue weighted by Gasteiger charge is -2.44. The molecule has 0 fully saturated rings. The largest absolute Gasteiger partial charge is 0.309 e. The van der Waals surface area contributed by atoms with E-state index in [-0.39, 0.29) is 5.54 Å². The highest BCUT2D eigenvalue weighted by molar-refractivity contribution is 5.39. The maximum absolute atomic E-state index is 3.72. The smallest absolute Gasteiger partial charge is 0.0506 e. The van der Waals surface area contributed by atoms with Crippen LogP contribution in [0.4, 0.5) is 0 Å². The van der Waals surface area contributed by atoms with Gasteiger partial charge in [0.1, 0.15) is 0 Å². The fourth-order valence-electron chi connectivity index (χ4n) is 2.94. The lowest BCUT2D eigenvalue weighted by Crippen LogP contribution is -2.51. The highest BCUT2D eigenvalue weighted by atomic mass is 15.2. The first-order valence-electron chi connectivity index (χ1n) is 7.76. The van der Waals surface area contributed by atoms with E-state index in [0.717, 1.165) is 13.0 Å². The van der Waals surface area contributed by atoms with Crippen molar-refractivity contribution in [2.24, 2.45) is 0 Å². The normalized spacial score (nSPS) is 16.2. The summed E-state index contributed by atoms with van der Waals surface area (Å²) in [7, 11) is 4.37. The Bertz CT molecular complexity index is 451. The minimum absolute atomic E-state index is 0.114. The average Bonchev–Trinajstić information content (AvgIpc) is 2.39. The predicted octanol–water partition coefficient (Wildman–Crippen LogP) is 3.99. The fraction of sp³-hybridized carbons (Fsp3) is 0.667. The first-order chi connectivity index (χ1) is 9.27. The van der Waals surface area contributed by atoms with Crippen LogP contribution in [0.15, 0.2) is 12.1 Å². The van der Waals surface area contributed by atoms with Gasteiger partial charge in [-0.25, -0.2) is 0 Å². The van der Waals surface area contributed by atoms with Crippen molar-refractivity contribution in [3.8, 4) is 0 Å². The van der Waals surface area contributed by atoms with Crippen LogP contribution in [-0.4, -0.2) is 31.1 Å². The van der Waals surface area contributed by atoms with Crippen LogP contribution in [-0.2, 0) is 0 Å². The monoisotopic (exact) mass is 276 g/mol. The number of likely N-dealkylation sites (N-methyl/N-ethyl adjacent to an activating group) is 2. The number of aryl methyl sites for hydroxylation is 3. The van der Waals surface area contributed by atoms with Gasteiger partial charge in [0.2, 0.25) is 0 Å². The molecule has 0 radical (unpaired) electrons. The number of nitrogens with zero attached hydrogens (tertiary/aromatic N) is 1. The molecule has 0 saturated heterocycles. The summed E-state index contributed by atoms with van der Waals surface area (Å²) in [6.45, 7) is 14.4. The van der Waals surface area contributed by atoms with Crippen molar-refractivity contribution in [2.45, 2.75) is 59.5 Å². The van der Waals surface area contributed by atoms with Gasteiger partial charge in [0.15, 0.2) is 0 Å². The molecule has 0 aromatic heterocycles. The second-order valence-corrected chi connectivity index (χ2v) is 6.39. The van der Waals surface area contributed by atoms with Crippen molar-refractivity contribution in [3.05, 3.63) is 34.4 Å². The molecule has 0 bridgehead atoms. The zero-order valence-electron chi connectivity index (χ0n) is 14.6. The van der Waals surface area contributed by atoms with Crippen LogP contribution in [0.3, 0.4) is 0 Å². The molecule has 0 saturated carbocycles. The van der Waals surface area contributed by atoms with E-state index in [4.69, 9.17) is 0 Å². The van der Waals surface area contributed by atoms with Crippen LogP contribution in [0.5, 0.6) is 0 Å². The molecule has 2 nitrogen and oxygen atoms in total. The molecule has 20 heavy (non-hydrogen) atoms. The summed E-state index contributed by atoms with van der Waals surface area (Å²) in [4.78, 5) is 2.36. The standard InChI is InChI=1S/C18H32N2/c1-9-18(6,20(7)8)17(19-10-2)16-12-14(4)13(3)11-15(16)5/h11-12,17,19H,9-10H2,1-8H3. The highest BCUT2D eigenvalue weighted by Crippen LogP contribution is 2.35. The lowest BCUT2D eigenvalue weighted by molar-refractivity contribution is 0.113. The van der Waals surface area contributed by atoms with Crippen molar-refractivity contribution in [3.63, 3.8) is 0 Å². The van der Waals surface area contributed by atoms with E-state index in [9.17, 15) is 0 Å². The number of hydrogen-bond acceptors (Lipinski definition) is 2. The molecule has 2 heteroatoms. The first-order valence-corrected chi connectivity index (χ1v) is 7.76. The quantitative estimate of drug-likeness (QED) is 0.845. The number of hydrogen-bond donors (Lipinski definition) is 1. The second kappa shape index (κ2) is 6.73. The van der Waals surface area contributed by atoms with Crippen LogP contribution in [0, 0.1) is 20.8 Å². The maximum Gasteiger partial charge on any atom is 0.0506 e. The summed E-state index contributed by atoms with van der Waals surface area (Å²) < 4.78 is 0. The molecule has 0 spiro atoms. The van der Waals surface area contributed by atoms with E-state index >= 15 is 0 Å². The van der Waals surface area contributed by atoms with Crippen molar-refractivity contribution in [1.82, 2.24) is 10.2 Å². The van der Waals surface area contributed by atoms with Crippen molar-refractivity contribution in [2.75, 3.05) is 20.6 Å². The third-order valence-electron chi connectivity index (χ3n) is 4.96. The summed E-state index contributed by atoms with van der Waals surface area (Å²) in [5.41, 5.74) is 5.70. The van der Waals surface area contributed by atoms with Gasteiger partial charge < -0.3 is 10.2 Å². The van der Waals surface area contributed by atoms with Gasteiger partial charge in [0, 0.05) is 5.54 Å². The number of benzene rings is 1. The van der Waals surface area contributed by atoms with Gasteiger partial charge >= 0.3 is 0 Å². The van der Waals surface area contributed by atoms with Gasteiger partial charge in [-0.15, -0.1) is 0 Å². The molecule has 0 aliphatic rings. The van der Waals surface area contributed by atoms with Gasteiger partial charge in [0.05, 0.1) is 6.04 Å². The van der Waals surface area contributed by atoms with E-state index < -0.39 is 0 Å². The second-order valence-electron chi connectivity index (χ2n) is 6.39. The molecule has 0 heterocycles. The minimum Gasteiger partial charge on any atom is -0.309 e. The van der Waals surface area contributed by atoms with Gasteiger partial charge in [-0.05, 0) is 77.0 Å². The summed E-state index contributed by atoms with van der Waals surface area (Å²) in [5, 5.41) is 3.72. The molecule has 2 atom stereocenters. The Balaban J connectivity index is 3.37. The molecule has 0 amide bonds. The van der Waals surface area contributed by atoms with E-state index in [1.54, 1.807) is 0 Å².